The summed E-state index contributed by atoms with van der Waals surface area (Å²) < 4.78 is 53.4. The van der Waals surface area contributed by atoms with E-state index in [4.69, 9.17) is 0 Å². The molecule has 0 aliphatic rings. The van der Waals surface area contributed by atoms with Crippen LogP contribution in [0.15, 0.2) is 71.9 Å². The van der Waals surface area contributed by atoms with Gasteiger partial charge < -0.3 is 5.32 Å². The summed E-state index contributed by atoms with van der Waals surface area (Å²) in [5, 5.41) is 1.39. The third-order valence-electron chi connectivity index (χ3n) is 4.42. The second-order valence-corrected chi connectivity index (χ2v) is 8.58. The van der Waals surface area contributed by atoms with Gasteiger partial charge in [0.25, 0.3) is 5.91 Å². The van der Waals surface area contributed by atoms with E-state index in [0.29, 0.717) is 5.56 Å². The number of aryl methyl sites for hydroxylation is 1. The molecule has 0 saturated heterocycles. The Labute approximate surface area is 167 Å². The van der Waals surface area contributed by atoms with E-state index in [1.165, 1.54) is 49.6 Å². The fraction of sp³-hybridized carbons (Fsp3) is 0.143. The lowest BCUT2D eigenvalue weighted by Crippen LogP contribution is -2.32. The van der Waals surface area contributed by atoms with E-state index in [1.807, 2.05) is 0 Å². The zero-order chi connectivity index (χ0) is 21.0. The highest BCUT2D eigenvalue weighted by molar-refractivity contribution is 7.91. The van der Waals surface area contributed by atoms with Crippen LogP contribution in [0.4, 0.5) is 8.78 Å². The van der Waals surface area contributed by atoms with Gasteiger partial charge in [-0.1, -0.05) is 12.1 Å². The third-order valence-corrected chi connectivity index (χ3v) is 6.52. The van der Waals surface area contributed by atoms with Crippen LogP contribution in [0.5, 0.6) is 0 Å². The molecule has 29 heavy (non-hydrogen) atoms. The van der Waals surface area contributed by atoms with Crippen molar-refractivity contribution in [3.8, 4) is 0 Å². The first-order chi connectivity index (χ1) is 13.8. The number of pyridine rings is 1. The second-order valence-electron chi connectivity index (χ2n) is 6.45. The summed E-state index contributed by atoms with van der Waals surface area (Å²) in [5.41, 5.74) is 0.638. The normalized spacial score (nSPS) is 12.4. The fourth-order valence-electron chi connectivity index (χ4n) is 2.85. The van der Waals surface area contributed by atoms with Gasteiger partial charge in [-0.05, 0) is 60.5 Å². The smallest absolute Gasteiger partial charge is 0.251 e. The molecule has 150 valence electrons. The van der Waals surface area contributed by atoms with Gasteiger partial charge in [-0.2, -0.15) is 0 Å². The topological polar surface area (TPSA) is 76.1 Å². The van der Waals surface area contributed by atoms with E-state index in [1.54, 1.807) is 12.1 Å². The highest BCUT2D eigenvalue weighted by Crippen LogP contribution is 2.29. The van der Waals surface area contributed by atoms with Crippen LogP contribution >= 0.6 is 0 Å². The molecule has 1 amide bonds. The Kier molecular flexibility index (Phi) is 6.03. The Morgan fingerprint density at radius 2 is 1.90 bits per heavy atom. The van der Waals surface area contributed by atoms with Crippen LogP contribution in [0.3, 0.4) is 0 Å². The zero-order valence-corrected chi connectivity index (χ0v) is 16.3. The molecule has 3 rings (SSSR count). The molecule has 8 heteroatoms. The first kappa shape index (κ1) is 20.6. The van der Waals surface area contributed by atoms with Gasteiger partial charge in [0.2, 0.25) is 0 Å². The minimum atomic E-state index is -3.97. The molecule has 0 radical (unpaired) electrons. The molecule has 1 aromatic heterocycles. The maximum atomic E-state index is 13.6. The van der Waals surface area contributed by atoms with Gasteiger partial charge in [0, 0.05) is 24.5 Å². The molecule has 5 nitrogen and oxygen atoms in total. The maximum Gasteiger partial charge on any atom is 0.251 e. The van der Waals surface area contributed by atoms with Gasteiger partial charge >= 0.3 is 0 Å². The predicted octanol–water partition coefficient (Wildman–Crippen LogP) is 3.61. The number of halogens is 2. The van der Waals surface area contributed by atoms with Crippen LogP contribution in [0.25, 0.3) is 0 Å². The SMILES string of the molecule is Cc1cc(S(=O)(=O)C(CNC(=O)c2cccc(F)c2)c2cccnc2)ccc1F. The van der Waals surface area contributed by atoms with E-state index >= 15 is 0 Å². The quantitative estimate of drug-likeness (QED) is 0.623. The van der Waals surface area contributed by atoms with Crippen molar-refractivity contribution < 1.29 is 22.0 Å². The summed E-state index contributed by atoms with van der Waals surface area (Å²) >= 11 is 0. The molecule has 2 aromatic carbocycles. The standard InChI is InChI=1S/C21H18F2N2O3S/c1-14-10-18(7-8-19(14)23)29(27,28)20(16-5-3-9-24-12-16)13-25-21(26)15-4-2-6-17(22)11-15/h2-12,20H,13H2,1H3,(H,25,26). The Hall–Kier alpha value is -3.13. The number of benzene rings is 2. The largest absolute Gasteiger partial charge is 0.350 e. The van der Waals surface area contributed by atoms with Gasteiger partial charge in [-0.25, -0.2) is 17.2 Å². The highest BCUT2D eigenvalue weighted by atomic mass is 32.2. The summed E-state index contributed by atoms with van der Waals surface area (Å²) in [6.45, 7) is 1.21. The first-order valence-corrected chi connectivity index (χ1v) is 10.3. The number of amides is 1. The Bertz CT molecular complexity index is 1140. The van der Waals surface area contributed by atoms with Crippen LogP contribution in [0, 0.1) is 18.6 Å². The summed E-state index contributed by atoms with van der Waals surface area (Å²) in [4.78, 5) is 16.2. The lowest BCUT2D eigenvalue weighted by Gasteiger charge is -2.19. The number of carbonyl (C=O) groups excluding carboxylic acids is 1. The molecule has 3 aromatic rings. The molecular formula is C21H18F2N2O3S. The summed E-state index contributed by atoms with van der Waals surface area (Å²) in [7, 11) is -3.97. The van der Waals surface area contributed by atoms with Gasteiger partial charge in [-0.3, -0.25) is 9.78 Å². The Morgan fingerprint density at radius 1 is 1.10 bits per heavy atom. The van der Waals surface area contributed by atoms with Crippen molar-refractivity contribution in [2.24, 2.45) is 0 Å². The Balaban J connectivity index is 1.93. The van der Waals surface area contributed by atoms with E-state index in [2.05, 4.69) is 10.3 Å². The van der Waals surface area contributed by atoms with Crippen molar-refractivity contribution in [2.45, 2.75) is 17.1 Å². The van der Waals surface area contributed by atoms with Gasteiger partial charge in [0.1, 0.15) is 16.9 Å². The van der Waals surface area contributed by atoms with E-state index in [9.17, 15) is 22.0 Å². The average molecular weight is 416 g/mol. The number of hydrogen-bond acceptors (Lipinski definition) is 4. The lowest BCUT2D eigenvalue weighted by atomic mass is 10.2. The molecule has 0 aliphatic carbocycles. The zero-order valence-electron chi connectivity index (χ0n) is 15.5. The number of hydrogen-bond donors (Lipinski definition) is 1. The summed E-state index contributed by atoms with van der Waals surface area (Å²) in [6, 6.07) is 11.8. The molecule has 1 unspecified atom stereocenters. The van der Waals surface area contributed by atoms with Gasteiger partial charge in [-0.15, -0.1) is 0 Å². The number of rotatable bonds is 6. The van der Waals surface area contributed by atoms with Crippen molar-refractivity contribution in [2.75, 3.05) is 6.54 Å². The molecule has 0 bridgehead atoms. The van der Waals surface area contributed by atoms with E-state index in [-0.39, 0.29) is 22.6 Å². The third kappa shape index (κ3) is 4.65. The van der Waals surface area contributed by atoms with Crippen LogP contribution in [0.2, 0.25) is 0 Å². The Morgan fingerprint density at radius 3 is 2.55 bits per heavy atom. The van der Waals surface area contributed by atoms with Crippen LogP contribution in [0.1, 0.15) is 26.7 Å². The number of nitrogens with one attached hydrogen (secondary N) is 1. The fourth-order valence-corrected chi connectivity index (χ4v) is 4.58. The average Bonchev–Trinajstić information content (AvgIpc) is 2.70. The second kappa shape index (κ2) is 8.48. The molecule has 0 saturated carbocycles. The van der Waals surface area contributed by atoms with E-state index in [0.717, 1.165) is 12.1 Å². The molecule has 0 fully saturated rings. The monoisotopic (exact) mass is 416 g/mol. The van der Waals surface area contributed by atoms with Crippen LogP contribution < -0.4 is 5.32 Å². The summed E-state index contributed by atoms with van der Waals surface area (Å²) in [5.74, 6) is -1.69. The van der Waals surface area contributed by atoms with Crippen molar-refractivity contribution in [1.29, 1.82) is 0 Å². The van der Waals surface area contributed by atoms with Gasteiger partial charge in [0.15, 0.2) is 9.84 Å². The number of carbonyl (C=O) groups is 1. The minimum Gasteiger partial charge on any atom is -0.350 e. The number of aromatic nitrogens is 1. The predicted molar refractivity (Wildman–Crippen MR) is 104 cm³/mol. The molecular weight excluding hydrogens is 398 g/mol. The molecule has 0 aliphatic heterocycles. The molecule has 1 N–H and O–H groups in total. The van der Waals surface area contributed by atoms with Crippen molar-refractivity contribution in [3.05, 3.63) is 95.3 Å². The summed E-state index contributed by atoms with van der Waals surface area (Å²) in [6.07, 6.45) is 2.90. The molecule has 1 atom stereocenters. The van der Waals surface area contributed by atoms with Crippen molar-refractivity contribution >= 4 is 15.7 Å². The molecule has 1 heterocycles. The number of nitrogens with zero attached hydrogens (tertiary/aromatic N) is 1. The van der Waals surface area contributed by atoms with Gasteiger partial charge in [0.05, 0.1) is 4.90 Å². The lowest BCUT2D eigenvalue weighted by molar-refractivity contribution is 0.0953. The van der Waals surface area contributed by atoms with Crippen molar-refractivity contribution in [3.63, 3.8) is 0 Å². The van der Waals surface area contributed by atoms with E-state index < -0.39 is 32.6 Å². The minimum absolute atomic E-state index is 0.0646. The first-order valence-electron chi connectivity index (χ1n) is 8.73. The van der Waals surface area contributed by atoms with Crippen LogP contribution in [-0.4, -0.2) is 25.9 Å². The molecule has 0 spiro atoms. The highest BCUT2D eigenvalue weighted by Gasteiger charge is 2.30. The number of sulfone groups is 1. The van der Waals surface area contributed by atoms with Crippen molar-refractivity contribution in [1.82, 2.24) is 10.3 Å². The maximum absolute atomic E-state index is 13.6. The van der Waals surface area contributed by atoms with Crippen LogP contribution in [-0.2, 0) is 9.84 Å².